The first kappa shape index (κ1) is 21.3. The Kier molecular flexibility index (Phi) is 8.18. The van der Waals surface area contributed by atoms with Crippen molar-refractivity contribution in [3.05, 3.63) is 46.5 Å². The summed E-state index contributed by atoms with van der Waals surface area (Å²) in [5.74, 6) is 0.684. The molecule has 0 amide bonds. The van der Waals surface area contributed by atoms with E-state index in [4.69, 9.17) is 10.5 Å². The van der Waals surface area contributed by atoms with E-state index < -0.39 is 0 Å². The number of hydrogen-bond donors (Lipinski definition) is 1. The third kappa shape index (κ3) is 5.04. The first-order valence-corrected chi connectivity index (χ1v) is 10.1. The summed E-state index contributed by atoms with van der Waals surface area (Å²) in [7, 11) is 0. The largest absolute Gasteiger partial charge is 0.328 e. The molecule has 2 N–H and O–H groups in total. The molecule has 146 valence electrons. The van der Waals surface area contributed by atoms with Crippen LogP contribution in [0.5, 0.6) is 0 Å². The van der Waals surface area contributed by atoms with Crippen molar-refractivity contribution in [3.8, 4) is 0 Å². The van der Waals surface area contributed by atoms with Gasteiger partial charge >= 0.3 is 0 Å². The van der Waals surface area contributed by atoms with E-state index in [0.29, 0.717) is 12.0 Å². The number of benzene rings is 2. The fourth-order valence-electron chi connectivity index (χ4n) is 4.53. The predicted molar refractivity (Wildman–Crippen MR) is 114 cm³/mol. The number of aryl methyl sites for hydroxylation is 2. The van der Waals surface area contributed by atoms with Crippen LogP contribution in [0.3, 0.4) is 0 Å². The van der Waals surface area contributed by atoms with Crippen LogP contribution in [0, 0.1) is 13.8 Å². The lowest BCUT2D eigenvalue weighted by molar-refractivity contribution is -0.0980. The number of carbonyl (C=O) groups is 2. The van der Waals surface area contributed by atoms with Crippen molar-refractivity contribution in [2.45, 2.75) is 77.2 Å². The van der Waals surface area contributed by atoms with Crippen molar-refractivity contribution in [2.75, 3.05) is 0 Å². The third-order valence-electron chi connectivity index (χ3n) is 5.96. The van der Waals surface area contributed by atoms with Gasteiger partial charge in [0.1, 0.15) is 6.79 Å². The van der Waals surface area contributed by atoms with E-state index in [1.165, 1.54) is 78.8 Å². The van der Waals surface area contributed by atoms with Gasteiger partial charge in [-0.3, -0.25) is 4.79 Å². The van der Waals surface area contributed by atoms with Crippen molar-refractivity contribution in [2.24, 2.45) is 5.73 Å². The van der Waals surface area contributed by atoms with Gasteiger partial charge in [-0.25, -0.2) is 0 Å². The Hall–Kier alpha value is -2.00. The van der Waals surface area contributed by atoms with Crippen molar-refractivity contribution in [1.29, 1.82) is 0 Å². The summed E-state index contributed by atoms with van der Waals surface area (Å²) in [6.45, 7) is 6.27. The molecule has 2 aliphatic carbocycles. The number of fused-ring (bicyclic) bond motifs is 1. The molecule has 2 aliphatic rings. The molecule has 0 bridgehead atoms. The first-order valence-electron chi connectivity index (χ1n) is 10.1. The Morgan fingerprint density at radius 1 is 0.852 bits per heavy atom. The van der Waals surface area contributed by atoms with E-state index in [9.17, 15) is 4.79 Å². The Bertz CT molecular complexity index is 757. The second-order valence-corrected chi connectivity index (χ2v) is 7.84. The molecule has 2 saturated carbocycles. The minimum Gasteiger partial charge on any atom is -0.328 e. The number of carbonyl (C=O) groups excluding carboxylic acids is 2. The van der Waals surface area contributed by atoms with Gasteiger partial charge < -0.3 is 10.5 Å². The zero-order valence-electron chi connectivity index (χ0n) is 16.8. The second kappa shape index (κ2) is 10.4. The van der Waals surface area contributed by atoms with Crippen molar-refractivity contribution in [1.82, 2.24) is 0 Å². The monoisotopic (exact) mass is 367 g/mol. The summed E-state index contributed by atoms with van der Waals surface area (Å²) in [4.78, 5) is 19.3. The minimum absolute atomic E-state index is 0.546. The van der Waals surface area contributed by atoms with Crippen LogP contribution in [0.2, 0.25) is 0 Å². The Labute approximate surface area is 163 Å². The lowest BCUT2D eigenvalue weighted by Crippen LogP contribution is -2.13. The van der Waals surface area contributed by atoms with Gasteiger partial charge in [0.15, 0.2) is 6.29 Å². The molecule has 4 rings (SSSR count). The van der Waals surface area contributed by atoms with Crippen LogP contribution < -0.4 is 5.73 Å². The molecule has 0 aliphatic heterocycles. The maximum Gasteiger partial charge on any atom is 0.150 e. The van der Waals surface area contributed by atoms with E-state index in [1.807, 2.05) is 12.9 Å². The van der Waals surface area contributed by atoms with Crippen molar-refractivity contribution < 1.29 is 9.59 Å². The van der Waals surface area contributed by atoms with Gasteiger partial charge in [0.2, 0.25) is 0 Å². The normalized spacial score (nSPS) is 17.1. The van der Waals surface area contributed by atoms with E-state index in [-0.39, 0.29) is 0 Å². The molecule has 2 fully saturated rings. The highest BCUT2D eigenvalue weighted by Crippen LogP contribution is 2.40. The summed E-state index contributed by atoms with van der Waals surface area (Å²) in [6.07, 6.45) is 11.5. The van der Waals surface area contributed by atoms with E-state index >= 15 is 0 Å². The zero-order valence-corrected chi connectivity index (χ0v) is 16.8. The van der Waals surface area contributed by atoms with E-state index in [1.54, 1.807) is 0 Å². The molecule has 2 aromatic carbocycles. The maximum atomic E-state index is 11.3. The molecule has 0 unspecified atom stereocenters. The molecule has 0 saturated heterocycles. The first-order chi connectivity index (χ1) is 13.1. The highest BCUT2D eigenvalue weighted by Gasteiger charge is 2.21. The van der Waals surface area contributed by atoms with Crippen LogP contribution in [0.1, 0.15) is 84.3 Å². The number of hydrogen-bond acceptors (Lipinski definition) is 3. The quantitative estimate of drug-likeness (QED) is 0.700. The van der Waals surface area contributed by atoms with Gasteiger partial charge in [0.05, 0.1) is 0 Å². The van der Waals surface area contributed by atoms with Crippen LogP contribution in [0.15, 0.2) is 24.3 Å². The lowest BCUT2D eigenvalue weighted by atomic mass is 9.87. The van der Waals surface area contributed by atoms with E-state index in [2.05, 4.69) is 32.0 Å². The number of aldehydes is 1. The average molecular weight is 368 g/mol. The fourth-order valence-corrected chi connectivity index (χ4v) is 4.53. The van der Waals surface area contributed by atoms with Crippen LogP contribution in [-0.4, -0.2) is 19.1 Å². The maximum absolute atomic E-state index is 11.3. The summed E-state index contributed by atoms with van der Waals surface area (Å²) in [5, 5.41) is 2.50. The van der Waals surface area contributed by atoms with Gasteiger partial charge in [-0.05, 0) is 72.9 Å². The molecule has 0 aromatic heterocycles. The van der Waals surface area contributed by atoms with Gasteiger partial charge in [0, 0.05) is 11.6 Å². The van der Waals surface area contributed by atoms with Gasteiger partial charge in [-0.15, -0.1) is 0 Å². The lowest BCUT2D eigenvalue weighted by Gasteiger charge is -2.17. The molecular formula is C24H33NO2. The average Bonchev–Trinajstić information content (AvgIpc) is 3.39. The van der Waals surface area contributed by atoms with Gasteiger partial charge in [-0.2, -0.15) is 0 Å². The Morgan fingerprint density at radius 3 is 1.89 bits per heavy atom. The SMILES string of the molecule is C=O.Cc1ccc(C2CCCC2)c2c(C)ccc(C=O)c12.NC1CCCC1. The predicted octanol–water partition coefficient (Wildman–Crippen LogP) is 5.63. The zero-order chi connectivity index (χ0) is 19.8. The molecular weight excluding hydrogens is 334 g/mol. The van der Waals surface area contributed by atoms with Crippen LogP contribution >= 0.6 is 0 Å². The molecule has 27 heavy (non-hydrogen) atoms. The minimum atomic E-state index is 0.546. The van der Waals surface area contributed by atoms with Crippen molar-refractivity contribution in [3.63, 3.8) is 0 Å². The summed E-state index contributed by atoms with van der Waals surface area (Å²) >= 11 is 0. The van der Waals surface area contributed by atoms with Crippen LogP contribution in [0.4, 0.5) is 0 Å². The summed E-state index contributed by atoms with van der Waals surface area (Å²) in [6, 6.07) is 9.06. The molecule has 3 nitrogen and oxygen atoms in total. The second-order valence-electron chi connectivity index (χ2n) is 7.84. The molecule has 3 heteroatoms. The topological polar surface area (TPSA) is 60.2 Å². The molecule has 0 atom stereocenters. The Balaban J connectivity index is 0.000000275. The van der Waals surface area contributed by atoms with Crippen LogP contribution in [0.25, 0.3) is 10.8 Å². The standard InChI is InChI=1S/C18H20O.C5H11N.CH2O/c1-12-8-10-16(14-5-3-4-6-14)18-13(2)7-9-15(11-19)17(12)18;6-5-3-1-2-4-5;1-2/h7-11,14H,3-6H2,1-2H3;5H,1-4,6H2;1H2. The number of rotatable bonds is 2. The van der Waals surface area contributed by atoms with Crippen LogP contribution in [-0.2, 0) is 4.79 Å². The molecule has 0 heterocycles. The van der Waals surface area contributed by atoms with Gasteiger partial charge in [0.25, 0.3) is 0 Å². The number of nitrogens with two attached hydrogens (primary N) is 1. The summed E-state index contributed by atoms with van der Waals surface area (Å²) < 4.78 is 0. The molecule has 2 aromatic rings. The van der Waals surface area contributed by atoms with Gasteiger partial charge in [-0.1, -0.05) is 49.9 Å². The smallest absolute Gasteiger partial charge is 0.150 e. The van der Waals surface area contributed by atoms with E-state index in [0.717, 1.165) is 11.8 Å². The third-order valence-corrected chi connectivity index (χ3v) is 5.96. The fraction of sp³-hybridized carbons (Fsp3) is 0.500. The van der Waals surface area contributed by atoms with Crippen molar-refractivity contribution >= 4 is 23.8 Å². The highest BCUT2D eigenvalue weighted by atomic mass is 16.1. The highest BCUT2D eigenvalue weighted by molar-refractivity contribution is 6.03. The Morgan fingerprint density at radius 2 is 1.37 bits per heavy atom. The molecule has 0 spiro atoms. The summed E-state index contributed by atoms with van der Waals surface area (Å²) in [5.41, 5.74) is 10.3. The molecule has 0 radical (unpaired) electrons.